The van der Waals surface area contributed by atoms with Crippen LogP contribution in [0.2, 0.25) is 5.02 Å². The molecular weight excluding hydrogens is 443 g/mol. The van der Waals surface area contributed by atoms with Gasteiger partial charge in [0.1, 0.15) is 10.7 Å². The first-order valence-corrected chi connectivity index (χ1v) is 10.8. The Morgan fingerprint density at radius 2 is 1.77 bits per heavy atom. The third-order valence-corrected chi connectivity index (χ3v) is 6.21. The van der Waals surface area contributed by atoms with Gasteiger partial charge in [0.05, 0.1) is 5.02 Å². The number of rotatable bonds is 7. The molecule has 6 nitrogen and oxygen atoms in total. The van der Waals surface area contributed by atoms with Crippen LogP contribution in [0.1, 0.15) is 33.9 Å². The smallest absolute Gasteiger partial charge is 0.350 e. The molecule has 0 aliphatic carbocycles. The van der Waals surface area contributed by atoms with E-state index in [1.807, 2.05) is 13.8 Å². The standard InChI is InChI=1S/C22H20ClFN2O4S/c1-3-26(4-2)21(28)13-5-8-15(9-6-13)25-18(27)12-30-22(29)20-19(23)16-10-7-14(24)11-17(16)31-20/h5-11H,3-4,12H2,1-2H3,(H,25,27). The van der Waals surface area contributed by atoms with E-state index in [9.17, 15) is 18.8 Å². The highest BCUT2D eigenvalue weighted by atomic mass is 35.5. The number of carbonyl (C=O) groups excluding carboxylic acids is 3. The molecule has 0 aliphatic heterocycles. The highest BCUT2D eigenvalue weighted by Gasteiger charge is 2.20. The third-order valence-electron chi connectivity index (χ3n) is 4.58. The average molecular weight is 463 g/mol. The number of hydrogen-bond donors (Lipinski definition) is 1. The van der Waals surface area contributed by atoms with E-state index < -0.39 is 24.3 Å². The van der Waals surface area contributed by atoms with Crippen molar-refractivity contribution in [1.82, 2.24) is 4.90 Å². The normalized spacial score (nSPS) is 10.7. The lowest BCUT2D eigenvalue weighted by Crippen LogP contribution is -2.30. The fraction of sp³-hybridized carbons (Fsp3) is 0.227. The number of anilines is 1. The number of ether oxygens (including phenoxy) is 1. The predicted molar refractivity (Wildman–Crippen MR) is 119 cm³/mol. The fourth-order valence-electron chi connectivity index (χ4n) is 2.95. The van der Waals surface area contributed by atoms with Crippen molar-refractivity contribution in [3.63, 3.8) is 0 Å². The number of nitrogens with zero attached hydrogens (tertiary/aromatic N) is 1. The molecule has 2 amide bonds. The third kappa shape index (κ3) is 5.21. The Morgan fingerprint density at radius 3 is 2.42 bits per heavy atom. The monoisotopic (exact) mass is 462 g/mol. The summed E-state index contributed by atoms with van der Waals surface area (Å²) in [5, 5.41) is 3.31. The van der Waals surface area contributed by atoms with Crippen LogP contribution >= 0.6 is 22.9 Å². The molecule has 1 heterocycles. The van der Waals surface area contributed by atoms with Crippen LogP contribution in [0.15, 0.2) is 42.5 Å². The molecule has 0 atom stereocenters. The maximum absolute atomic E-state index is 13.4. The summed E-state index contributed by atoms with van der Waals surface area (Å²) >= 11 is 7.19. The van der Waals surface area contributed by atoms with Gasteiger partial charge in [-0.1, -0.05) is 11.6 Å². The van der Waals surface area contributed by atoms with Crippen LogP contribution in [0.3, 0.4) is 0 Å². The lowest BCUT2D eigenvalue weighted by atomic mass is 10.2. The van der Waals surface area contributed by atoms with Crippen molar-refractivity contribution in [3.8, 4) is 0 Å². The van der Waals surface area contributed by atoms with Gasteiger partial charge in [0.25, 0.3) is 11.8 Å². The van der Waals surface area contributed by atoms with Crippen LogP contribution in [0.5, 0.6) is 0 Å². The molecule has 9 heteroatoms. The molecule has 0 saturated heterocycles. The number of hydrogen-bond acceptors (Lipinski definition) is 5. The number of amides is 2. The Balaban J connectivity index is 1.58. The zero-order valence-electron chi connectivity index (χ0n) is 16.9. The molecule has 0 fully saturated rings. The van der Waals surface area contributed by atoms with Gasteiger partial charge < -0.3 is 15.0 Å². The van der Waals surface area contributed by atoms with E-state index in [-0.39, 0.29) is 15.8 Å². The molecule has 3 aromatic rings. The van der Waals surface area contributed by atoms with E-state index in [0.717, 1.165) is 11.3 Å². The average Bonchev–Trinajstić information content (AvgIpc) is 3.09. The summed E-state index contributed by atoms with van der Waals surface area (Å²) in [7, 11) is 0. The van der Waals surface area contributed by atoms with Crippen LogP contribution in [0.25, 0.3) is 10.1 Å². The first-order valence-electron chi connectivity index (χ1n) is 9.57. The van der Waals surface area contributed by atoms with E-state index >= 15 is 0 Å². The van der Waals surface area contributed by atoms with Crippen molar-refractivity contribution in [2.75, 3.05) is 25.0 Å². The molecule has 0 aliphatic rings. The highest BCUT2D eigenvalue weighted by molar-refractivity contribution is 7.21. The number of carbonyl (C=O) groups is 3. The van der Waals surface area contributed by atoms with Gasteiger partial charge in [0.2, 0.25) is 0 Å². The highest BCUT2D eigenvalue weighted by Crippen LogP contribution is 2.36. The molecule has 3 rings (SSSR count). The van der Waals surface area contributed by atoms with E-state index in [4.69, 9.17) is 16.3 Å². The van der Waals surface area contributed by atoms with Crippen molar-refractivity contribution in [3.05, 3.63) is 63.7 Å². The van der Waals surface area contributed by atoms with Gasteiger partial charge in [-0.05, 0) is 56.3 Å². The van der Waals surface area contributed by atoms with Gasteiger partial charge in [-0.3, -0.25) is 9.59 Å². The minimum Gasteiger partial charge on any atom is -0.451 e. The number of halogens is 2. The molecule has 0 bridgehead atoms. The summed E-state index contributed by atoms with van der Waals surface area (Å²) in [5.41, 5.74) is 0.983. The maximum Gasteiger partial charge on any atom is 0.350 e. The zero-order chi connectivity index (χ0) is 22.5. The molecule has 0 saturated carbocycles. The van der Waals surface area contributed by atoms with Gasteiger partial charge in [0, 0.05) is 34.4 Å². The van der Waals surface area contributed by atoms with E-state index in [0.29, 0.717) is 34.4 Å². The Labute approximate surface area is 187 Å². The molecule has 162 valence electrons. The van der Waals surface area contributed by atoms with E-state index in [1.54, 1.807) is 29.2 Å². The molecule has 0 unspecified atom stereocenters. The Kier molecular flexibility index (Phi) is 7.25. The quantitative estimate of drug-likeness (QED) is 0.503. The second kappa shape index (κ2) is 9.89. The first-order chi connectivity index (χ1) is 14.8. The van der Waals surface area contributed by atoms with Crippen LogP contribution in [-0.4, -0.2) is 42.4 Å². The summed E-state index contributed by atoms with van der Waals surface area (Å²) in [6.45, 7) is 4.51. The first kappa shape index (κ1) is 22.7. The van der Waals surface area contributed by atoms with Crippen LogP contribution in [0, 0.1) is 5.82 Å². The van der Waals surface area contributed by atoms with E-state index in [2.05, 4.69) is 5.32 Å². The summed E-state index contributed by atoms with van der Waals surface area (Å²) in [6, 6.07) is 10.5. The molecule has 0 spiro atoms. The van der Waals surface area contributed by atoms with Gasteiger partial charge in [-0.2, -0.15) is 0 Å². The number of thiophene rings is 1. The maximum atomic E-state index is 13.4. The molecule has 2 aromatic carbocycles. The second-order valence-electron chi connectivity index (χ2n) is 6.56. The Hall–Kier alpha value is -2.97. The van der Waals surface area contributed by atoms with Crippen molar-refractivity contribution in [1.29, 1.82) is 0 Å². The van der Waals surface area contributed by atoms with Gasteiger partial charge in [-0.25, -0.2) is 9.18 Å². The largest absolute Gasteiger partial charge is 0.451 e. The second-order valence-corrected chi connectivity index (χ2v) is 7.99. The number of benzene rings is 2. The SMILES string of the molecule is CCN(CC)C(=O)c1ccc(NC(=O)COC(=O)c2sc3cc(F)ccc3c2Cl)cc1. The summed E-state index contributed by atoms with van der Waals surface area (Å²) in [4.78, 5) is 38.5. The number of esters is 1. The summed E-state index contributed by atoms with van der Waals surface area (Å²) < 4.78 is 18.9. The van der Waals surface area contributed by atoms with Crippen molar-refractivity contribution in [2.45, 2.75) is 13.8 Å². The van der Waals surface area contributed by atoms with Crippen molar-refractivity contribution < 1.29 is 23.5 Å². The lowest BCUT2D eigenvalue weighted by Gasteiger charge is -2.18. The zero-order valence-corrected chi connectivity index (χ0v) is 18.5. The van der Waals surface area contributed by atoms with Crippen molar-refractivity contribution >= 4 is 56.5 Å². The fourth-order valence-corrected chi connectivity index (χ4v) is 4.38. The van der Waals surface area contributed by atoms with E-state index in [1.165, 1.54) is 18.2 Å². The number of nitrogens with one attached hydrogen (secondary N) is 1. The molecule has 0 radical (unpaired) electrons. The molecule has 31 heavy (non-hydrogen) atoms. The Bertz CT molecular complexity index is 1130. The van der Waals surface area contributed by atoms with Crippen LogP contribution < -0.4 is 5.32 Å². The predicted octanol–water partition coefficient (Wildman–Crippen LogP) is 4.97. The summed E-state index contributed by atoms with van der Waals surface area (Å²) in [5.74, 6) is -1.83. The minimum atomic E-state index is -0.762. The van der Waals surface area contributed by atoms with Gasteiger partial charge in [-0.15, -0.1) is 11.3 Å². The minimum absolute atomic E-state index is 0.0862. The van der Waals surface area contributed by atoms with Crippen LogP contribution in [-0.2, 0) is 9.53 Å². The molecule has 1 N–H and O–H groups in total. The molecular formula is C22H20ClFN2O4S. The summed E-state index contributed by atoms with van der Waals surface area (Å²) in [6.07, 6.45) is 0. The Morgan fingerprint density at radius 1 is 1.10 bits per heavy atom. The van der Waals surface area contributed by atoms with Crippen LogP contribution in [0.4, 0.5) is 10.1 Å². The molecule has 1 aromatic heterocycles. The number of fused-ring (bicyclic) bond motifs is 1. The lowest BCUT2D eigenvalue weighted by molar-refractivity contribution is -0.119. The topological polar surface area (TPSA) is 75.7 Å². The van der Waals surface area contributed by atoms with Gasteiger partial charge >= 0.3 is 5.97 Å². The van der Waals surface area contributed by atoms with Gasteiger partial charge in [0.15, 0.2) is 6.61 Å². The van der Waals surface area contributed by atoms with Crippen molar-refractivity contribution in [2.24, 2.45) is 0 Å².